The van der Waals surface area contributed by atoms with E-state index in [1.165, 1.54) is 0 Å². The summed E-state index contributed by atoms with van der Waals surface area (Å²) in [6.07, 6.45) is 4.01. The first-order valence-electron chi connectivity index (χ1n) is 9.09. The molecule has 1 N–H and O–H groups in total. The summed E-state index contributed by atoms with van der Waals surface area (Å²) in [6, 6.07) is 12.4. The zero-order chi connectivity index (χ0) is 20.5. The van der Waals surface area contributed by atoms with Crippen LogP contribution in [0, 0.1) is 5.92 Å². The third kappa shape index (κ3) is 3.86. The second kappa shape index (κ2) is 7.89. The van der Waals surface area contributed by atoms with Crippen LogP contribution in [0.1, 0.15) is 6.42 Å². The average Bonchev–Trinajstić information content (AvgIpc) is 3.30. The van der Waals surface area contributed by atoms with Crippen molar-refractivity contribution < 1.29 is 9.59 Å². The SMILES string of the molecule is Cn1ccnc1-c1cccc(NC(=O)C2CCN(c3ccc(Cl)c(Cl)c3)C2=O)c1. The standard InChI is InChI=1S/C21H18Cl2N4O2/c1-26-10-8-24-19(26)13-3-2-4-14(11-13)25-20(28)16-7-9-27(21(16)29)15-5-6-17(22)18(23)12-15/h2-6,8,10-12,16H,7,9H2,1H3,(H,25,28). The fourth-order valence-corrected chi connectivity index (χ4v) is 3.73. The second-order valence-corrected chi connectivity index (χ2v) is 7.68. The Morgan fingerprint density at radius 2 is 2.00 bits per heavy atom. The molecule has 2 amide bonds. The molecule has 1 fully saturated rings. The van der Waals surface area contributed by atoms with E-state index in [2.05, 4.69) is 10.3 Å². The maximum absolute atomic E-state index is 12.8. The number of aryl methyl sites for hydroxylation is 1. The number of carbonyl (C=O) groups excluding carboxylic acids is 2. The summed E-state index contributed by atoms with van der Waals surface area (Å²) in [6.45, 7) is 0.447. The van der Waals surface area contributed by atoms with Crippen molar-refractivity contribution in [2.75, 3.05) is 16.8 Å². The summed E-state index contributed by atoms with van der Waals surface area (Å²) in [5.74, 6) is -0.527. The first-order valence-corrected chi connectivity index (χ1v) is 9.84. The molecule has 1 aliphatic heterocycles. The van der Waals surface area contributed by atoms with E-state index in [1.807, 2.05) is 36.0 Å². The molecule has 0 aliphatic carbocycles. The van der Waals surface area contributed by atoms with Gasteiger partial charge in [-0.2, -0.15) is 0 Å². The molecular weight excluding hydrogens is 411 g/mol. The Kier molecular flexibility index (Phi) is 5.30. The van der Waals surface area contributed by atoms with Crippen LogP contribution in [0.15, 0.2) is 54.9 Å². The second-order valence-electron chi connectivity index (χ2n) is 6.86. The van der Waals surface area contributed by atoms with E-state index in [0.29, 0.717) is 34.4 Å². The number of nitrogens with zero attached hydrogens (tertiary/aromatic N) is 3. The summed E-state index contributed by atoms with van der Waals surface area (Å²) in [7, 11) is 1.91. The van der Waals surface area contributed by atoms with Gasteiger partial charge in [-0.1, -0.05) is 35.3 Å². The van der Waals surface area contributed by atoms with Gasteiger partial charge in [-0.3, -0.25) is 9.59 Å². The molecule has 1 aliphatic rings. The van der Waals surface area contributed by atoms with Gasteiger partial charge >= 0.3 is 0 Å². The number of aromatic nitrogens is 2. The van der Waals surface area contributed by atoms with Gasteiger partial charge in [0.05, 0.1) is 10.0 Å². The lowest BCUT2D eigenvalue weighted by atomic mass is 10.1. The van der Waals surface area contributed by atoms with Gasteiger partial charge in [0, 0.05) is 42.9 Å². The van der Waals surface area contributed by atoms with Crippen molar-refractivity contribution in [3.8, 4) is 11.4 Å². The minimum absolute atomic E-state index is 0.249. The Balaban J connectivity index is 1.49. The van der Waals surface area contributed by atoms with Crippen molar-refractivity contribution in [3.05, 3.63) is 64.9 Å². The maximum Gasteiger partial charge on any atom is 0.239 e. The Bertz CT molecular complexity index is 1100. The number of benzene rings is 2. The van der Waals surface area contributed by atoms with Crippen LogP contribution < -0.4 is 10.2 Å². The Morgan fingerprint density at radius 1 is 1.17 bits per heavy atom. The molecule has 0 saturated carbocycles. The molecule has 6 nitrogen and oxygen atoms in total. The molecule has 29 heavy (non-hydrogen) atoms. The molecule has 3 aromatic rings. The number of imidazole rings is 1. The molecule has 1 unspecified atom stereocenters. The number of nitrogens with one attached hydrogen (secondary N) is 1. The van der Waals surface area contributed by atoms with Crippen molar-refractivity contribution in [1.29, 1.82) is 0 Å². The Labute approximate surface area is 178 Å². The van der Waals surface area contributed by atoms with Crippen LogP contribution in [0.5, 0.6) is 0 Å². The highest BCUT2D eigenvalue weighted by molar-refractivity contribution is 6.42. The molecule has 8 heteroatoms. The highest BCUT2D eigenvalue weighted by atomic mass is 35.5. The zero-order valence-corrected chi connectivity index (χ0v) is 17.1. The summed E-state index contributed by atoms with van der Waals surface area (Å²) in [5.41, 5.74) is 2.14. The lowest BCUT2D eigenvalue weighted by molar-refractivity contribution is -0.129. The van der Waals surface area contributed by atoms with Crippen LogP contribution in [0.3, 0.4) is 0 Å². The van der Waals surface area contributed by atoms with Crippen LogP contribution in [0.2, 0.25) is 10.0 Å². The lowest BCUT2D eigenvalue weighted by Crippen LogP contribution is -2.33. The van der Waals surface area contributed by atoms with Crippen molar-refractivity contribution in [2.45, 2.75) is 6.42 Å². The van der Waals surface area contributed by atoms with Crippen molar-refractivity contribution >= 4 is 46.4 Å². The quantitative estimate of drug-likeness (QED) is 0.626. The largest absolute Gasteiger partial charge is 0.334 e. The smallest absolute Gasteiger partial charge is 0.239 e. The number of halogens is 2. The van der Waals surface area contributed by atoms with Gasteiger partial charge in [-0.15, -0.1) is 0 Å². The summed E-state index contributed by atoms with van der Waals surface area (Å²) in [4.78, 5) is 31.5. The van der Waals surface area contributed by atoms with E-state index >= 15 is 0 Å². The topological polar surface area (TPSA) is 67.2 Å². The summed E-state index contributed by atoms with van der Waals surface area (Å²) in [5, 5.41) is 3.65. The number of rotatable bonds is 4. The van der Waals surface area contributed by atoms with Gasteiger partial charge in [0.15, 0.2) is 0 Å². The van der Waals surface area contributed by atoms with E-state index in [4.69, 9.17) is 23.2 Å². The molecule has 4 rings (SSSR count). The number of anilines is 2. The molecule has 2 heterocycles. The number of hydrogen-bond acceptors (Lipinski definition) is 3. The normalized spacial score (nSPS) is 16.3. The predicted molar refractivity (Wildman–Crippen MR) is 114 cm³/mol. The lowest BCUT2D eigenvalue weighted by Gasteiger charge is -2.17. The molecule has 0 radical (unpaired) electrons. The van der Waals surface area contributed by atoms with Crippen LogP contribution in [-0.2, 0) is 16.6 Å². The molecule has 0 bridgehead atoms. The molecular formula is C21H18Cl2N4O2. The van der Waals surface area contributed by atoms with E-state index in [9.17, 15) is 9.59 Å². The van der Waals surface area contributed by atoms with E-state index in [-0.39, 0.29) is 11.8 Å². The van der Waals surface area contributed by atoms with E-state index in [0.717, 1.165) is 11.4 Å². The van der Waals surface area contributed by atoms with Crippen LogP contribution in [-0.4, -0.2) is 27.9 Å². The number of amides is 2. The van der Waals surface area contributed by atoms with Gasteiger partial charge in [0.25, 0.3) is 0 Å². The zero-order valence-electron chi connectivity index (χ0n) is 15.6. The van der Waals surface area contributed by atoms with Crippen LogP contribution in [0.4, 0.5) is 11.4 Å². The Morgan fingerprint density at radius 3 is 2.72 bits per heavy atom. The fraction of sp³-hybridized carbons (Fsp3) is 0.190. The minimum Gasteiger partial charge on any atom is -0.334 e. The number of hydrogen-bond donors (Lipinski definition) is 1. The average molecular weight is 429 g/mol. The first-order chi connectivity index (χ1) is 13.9. The highest BCUT2D eigenvalue weighted by Crippen LogP contribution is 2.31. The monoisotopic (exact) mass is 428 g/mol. The van der Waals surface area contributed by atoms with Crippen LogP contribution in [0.25, 0.3) is 11.4 Å². The number of carbonyl (C=O) groups is 2. The molecule has 1 aromatic heterocycles. The molecule has 1 atom stereocenters. The summed E-state index contributed by atoms with van der Waals surface area (Å²) >= 11 is 12.0. The fourth-order valence-electron chi connectivity index (χ4n) is 3.44. The minimum atomic E-state index is -0.749. The van der Waals surface area contributed by atoms with Gasteiger partial charge in [-0.25, -0.2) is 4.98 Å². The third-order valence-electron chi connectivity index (χ3n) is 4.95. The van der Waals surface area contributed by atoms with Crippen LogP contribution >= 0.6 is 23.2 Å². The van der Waals surface area contributed by atoms with Gasteiger partial charge < -0.3 is 14.8 Å². The van der Waals surface area contributed by atoms with Gasteiger partial charge in [-0.05, 0) is 36.8 Å². The first kappa shape index (κ1) is 19.5. The molecule has 0 spiro atoms. The van der Waals surface area contributed by atoms with Crippen molar-refractivity contribution in [2.24, 2.45) is 13.0 Å². The van der Waals surface area contributed by atoms with E-state index < -0.39 is 5.92 Å². The van der Waals surface area contributed by atoms with Crippen molar-refractivity contribution in [1.82, 2.24) is 9.55 Å². The van der Waals surface area contributed by atoms with E-state index in [1.54, 1.807) is 35.4 Å². The van der Waals surface area contributed by atoms with Gasteiger partial charge in [0.1, 0.15) is 11.7 Å². The Hall–Kier alpha value is -2.83. The third-order valence-corrected chi connectivity index (χ3v) is 5.69. The molecule has 148 valence electrons. The maximum atomic E-state index is 12.8. The van der Waals surface area contributed by atoms with Gasteiger partial charge in [0.2, 0.25) is 11.8 Å². The highest BCUT2D eigenvalue weighted by Gasteiger charge is 2.37. The molecule has 2 aromatic carbocycles. The predicted octanol–water partition coefficient (Wildman–Crippen LogP) is 4.39. The molecule has 1 saturated heterocycles. The van der Waals surface area contributed by atoms with Crippen molar-refractivity contribution in [3.63, 3.8) is 0 Å². The summed E-state index contributed by atoms with van der Waals surface area (Å²) < 4.78 is 1.90.